The van der Waals surface area contributed by atoms with Crippen LogP contribution in [0.4, 0.5) is 15.9 Å². The Hall–Kier alpha value is -1.32. The van der Waals surface area contributed by atoms with Gasteiger partial charge in [0.2, 0.25) is 0 Å². The van der Waals surface area contributed by atoms with Gasteiger partial charge in [-0.05, 0) is 24.8 Å². The summed E-state index contributed by atoms with van der Waals surface area (Å²) in [7, 11) is 0. The standard InChI is InChI=1S/C13H20FN3/c1-3-6-15-13-12(14)11(4-7-16-13)17-8-5-10(2)9-17/h4,7,10H,3,5-6,8-9H2,1-2H3,(H,15,16)/t10-/m1/s1. The summed E-state index contributed by atoms with van der Waals surface area (Å²) in [6.07, 6.45) is 3.78. The van der Waals surface area contributed by atoms with Crippen molar-refractivity contribution in [3.63, 3.8) is 0 Å². The molecular weight excluding hydrogens is 217 g/mol. The van der Waals surface area contributed by atoms with Crippen LogP contribution in [0.5, 0.6) is 0 Å². The first kappa shape index (κ1) is 12.1. The van der Waals surface area contributed by atoms with Crippen molar-refractivity contribution in [3.05, 3.63) is 18.1 Å². The second kappa shape index (κ2) is 5.34. The maximum absolute atomic E-state index is 14.2. The third kappa shape index (κ3) is 2.68. The van der Waals surface area contributed by atoms with Gasteiger partial charge in [0.05, 0.1) is 5.69 Å². The van der Waals surface area contributed by atoms with E-state index < -0.39 is 0 Å². The van der Waals surface area contributed by atoms with Crippen LogP contribution < -0.4 is 10.2 Å². The fraction of sp³-hybridized carbons (Fsp3) is 0.615. The average Bonchev–Trinajstić information content (AvgIpc) is 2.74. The number of aromatic nitrogens is 1. The number of anilines is 2. The van der Waals surface area contributed by atoms with Crippen molar-refractivity contribution in [1.82, 2.24) is 4.98 Å². The van der Waals surface area contributed by atoms with E-state index in [0.29, 0.717) is 17.4 Å². The summed E-state index contributed by atoms with van der Waals surface area (Å²) in [5, 5.41) is 3.02. The number of nitrogens with one attached hydrogen (secondary N) is 1. The topological polar surface area (TPSA) is 28.2 Å². The van der Waals surface area contributed by atoms with Crippen molar-refractivity contribution >= 4 is 11.5 Å². The van der Waals surface area contributed by atoms with Gasteiger partial charge in [0.15, 0.2) is 11.6 Å². The largest absolute Gasteiger partial charge is 0.369 e. The average molecular weight is 237 g/mol. The lowest BCUT2D eigenvalue weighted by atomic mass is 10.2. The first-order valence-corrected chi connectivity index (χ1v) is 6.35. The molecule has 2 rings (SSSR count). The number of pyridine rings is 1. The normalized spacial score (nSPS) is 19.7. The van der Waals surface area contributed by atoms with Crippen LogP contribution in [0.2, 0.25) is 0 Å². The van der Waals surface area contributed by atoms with Gasteiger partial charge in [0.25, 0.3) is 0 Å². The molecular formula is C13H20FN3. The summed E-state index contributed by atoms with van der Waals surface area (Å²) < 4.78 is 14.2. The lowest BCUT2D eigenvalue weighted by molar-refractivity contribution is 0.616. The van der Waals surface area contributed by atoms with Crippen LogP contribution in [0, 0.1) is 11.7 Å². The van der Waals surface area contributed by atoms with Gasteiger partial charge < -0.3 is 10.2 Å². The van der Waals surface area contributed by atoms with E-state index in [2.05, 4.69) is 29.0 Å². The maximum Gasteiger partial charge on any atom is 0.188 e. The van der Waals surface area contributed by atoms with Crippen LogP contribution in [-0.2, 0) is 0 Å². The second-order valence-corrected chi connectivity index (χ2v) is 4.76. The molecule has 0 aliphatic carbocycles. The van der Waals surface area contributed by atoms with E-state index in [4.69, 9.17) is 0 Å². The Kier molecular flexibility index (Phi) is 3.82. The van der Waals surface area contributed by atoms with Gasteiger partial charge in [-0.3, -0.25) is 0 Å². The highest BCUT2D eigenvalue weighted by Gasteiger charge is 2.22. The lowest BCUT2D eigenvalue weighted by Gasteiger charge is -2.20. The molecule has 1 aromatic heterocycles. The quantitative estimate of drug-likeness (QED) is 0.872. The molecule has 0 unspecified atom stereocenters. The van der Waals surface area contributed by atoms with Gasteiger partial charge in [-0.15, -0.1) is 0 Å². The molecule has 0 amide bonds. The molecule has 0 aromatic carbocycles. The van der Waals surface area contributed by atoms with Crippen molar-refractivity contribution in [1.29, 1.82) is 0 Å². The number of nitrogens with zero attached hydrogens (tertiary/aromatic N) is 2. The lowest BCUT2D eigenvalue weighted by Crippen LogP contribution is -2.21. The molecule has 1 aliphatic rings. The fourth-order valence-corrected chi connectivity index (χ4v) is 2.20. The molecule has 94 valence electrons. The maximum atomic E-state index is 14.2. The fourth-order valence-electron chi connectivity index (χ4n) is 2.20. The highest BCUT2D eigenvalue weighted by Crippen LogP contribution is 2.28. The predicted molar refractivity (Wildman–Crippen MR) is 69.0 cm³/mol. The van der Waals surface area contributed by atoms with E-state index in [1.54, 1.807) is 12.3 Å². The van der Waals surface area contributed by atoms with Gasteiger partial charge in [-0.2, -0.15) is 0 Å². The molecule has 0 spiro atoms. The minimum absolute atomic E-state index is 0.213. The molecule has 2 heterocycles. The van der Waals surface area contributed by atoms with Crippen LogP contribution in [-0.4, -0.2) is 24.6 Å². The Bertz CT molecular complexity index is 381. The first-order valence-electron chi connectivity index (χ1n) is 6.35. The van der Waals surface area contributed by atoms with Crippen LogP contribution in [0.25, 0.3) is 0 Å². The molecule has 1 atom stereocenters. The zero-order valence-corrected chi connectivity index (χ0v) is 10.5. The summed E-state index contributed by atoms with van der Waals surface area (Å²) >= 11 is 0. The molecule has 0 radical (unpaired) electrons. The van der Waals surface area contributed by atoms with Crippen molar-refractivity contribution in [2.45, 2.75) is 26.7 Å². The molecule has 1 aromatic rings. The smallest absolute Gasteiger partial charge is 0.188 e. The zero-order valence-electron chi connectivity index (χ0n) is 10.5. The summed E-state index contributed by atoms with van der Waals surface area (Å²) in [5.74, 6) is 0.813. The molecule has 0 saturated carbocycles. The summed E-state index contributed by atoms with van der Waals surface area (Å²) in [6.45, 7) is 6.89. The van der Waals surface area contributed by atoms with Crippen LogP contribution in [0.15, 0.2) is 12.3 Å². The number of hydrogen-bond acceptors (Lipinski definition) is 3. The number of halogens is 1. The second-order valence-electron chi connectivity index (χ2n) is 4.76. The predicted octanol–water partition coefficient (Wildman–Crippen LogP) is 2.89. The Morgan fingerprint density at radius 3 is 3.06 bits per heavy atom. The van der Waals surface area contributed by atoms with Gasteiger partial charge in [0.1, 0.15) is 0 Å². The SMILES string of the molecule is CCCNc1nccc(N2CC[C@@H](C)C2)c1F. The highest BCUT2D eigenvalue weighted by molar-refractivity contribution is 5.56. The zero-order chi connectivity index (χ0) is 12.3. The molecule has 1 aliphatic heterocycles. The molecule has 17 heavy (non-hydrogen) atoms. The van der Waals surface area contributed by atoms with E-state index >= 15 is 0 Å². The van der Waals surface area contributed by atoms with Crippen molar-refractivity contribution in [2.24, 2.45) is 5.92 Å². The molecule has 3 nitrogen and oxygen atoms in total. The van der Waals surface area contributed by atoms with E-state index in [-0.39, 0.29) is 5.82 Å². The number of hydrogen-bond donors (Lipinski definition) is 1. The molecule has 1 fully saturated rings. The van der Waals surface area contributed by atoms with Gasteiger partial charge in [0, 0.05) is 25.8 Å². The molecule has 0 bridgehead atoms. The monoisotopic (exact) mass is 237 g/mol. The van der Waals surface area contributed by atoms with E-state index in [1.807, 2.05) is 0 Å². The Labute approximate surface area is 102 Å². The van der Waals surface area contributed by atoms with E-state index in [9.17, 15) is 4.39 Å². The molecule has 4 heteroatoms. The van der Waals surface area contributed by atoms with Crippen molar-refractivity contribution in [2.75, 3.05) is 29.9 Å². The Morgan fingerprint density at radius 2 is 2.41 bits per heavy atom. The van der Waals surface area contributed by atoms with Crippen LogP contribution >= 0.6 is 0 Å². The van der Waals surface area contributed by atoms with Gasteiger partial charge >= 0.3 is 0 Å². The van der Waals surface area contributed by atoms with Gasteiger partial charge in [-0.1, -0.05) is 13.8 Å². The van der Waals surface area contributed by atoms with Crippen LogP contribution in [0.3, 0.4) is 0 Å². The van der Waals surface area contributed by atoms with E-state index in [0.717, 1.165) is 32.5 Å². The van der Waals surface area contributed by atoms with Crippen LogP contribution in [0.1, 0.15) is 26.7 Å². The summed E-state index contributed by atoms with van der Waals surface area (Å²) in [6, 6.07) is 1.77. The van der Waals surface area contributed by atoms with E-state index in [1.165, 1.54) is 0 Å². The van der Waals surface area contributed by atoms with Crippen molar-refractivity contribution in [3.8, 4) is 0 Å². The number of rotatable bonds is 4. The summed E-state index contributed by atoms with van der Waals surface area (Å²) in [4.78, 5) is 6.16. The summed E-state index contributed by atoms with van der Waals surface area (Å²) in [5.41, 5.74) is 0.683. The minimum atomic E-state index is -0.213. The van der Waals surface area contributed by atoms with Gasteiger partial charge in [-0.25, -0.2) is 9.37 Å². The molecule has 1 saturated heterocycles. The van der Waals surface area contributed by atoms with Crippen molar-refractivity contribution < 1.29 is 4.39 Å². The third-order valence-corrected chi connectivity index (χ3v) is 3.18. The third-order valence-electron chi connectivity index (χ3n) is 3.18. The Balaban J connectivity index is 2.17. The molecule has 1 N–H and O–H groups in total. The first-order chi connectivity index (χ1) is 8.22. The highest BCUT2D eigenvalue weighted by atomic mass is 19.1. The minimum Gasteiger partial charge on any atom is -0.369 e. The Morgan fingerprint density at radius 1 is 1.59 bits per heavy atom.